The molecule has 1 fully saturated rings. The summed E-state index contributed by atoms with van der Waals surface area (Å²) in [6, 6.07) is 4.65. The fourth-order valence-electron chi connectivity index (χ4n) is 2.37. The van der Waals surface area contributed by atoms with Gasteiger partial charge in [0, 0.05) is 17.6 Å². The summed E-state index contributed by atoms with van der Waals surface area (Å²) in [5.74, 6) is -1.07. The average molecular weight is 356 g/mol. The molecule has 2 rings (SSSR count). The molecule has 0 aromatic heterocycles. The number of nitrogens with zero attached hydrogens (tertiary/aromatic N) is 1. The normalized spacial score (nSPS) is 15.5. The van der Waals surface area contributed by atoms with E-state index in [2.05, 4.69) is 26.6 Å². The summed E-state index contributed by atoms with van der Waals surface area (Å²) in [4.78, 5) is 25.1. The van der Waals surface area contributed by atoms with E-state index in [0.29, 0.717) is 10.2 Å². The van der Waals surface area contributed by atoms with E-state index in [9.17, 15) is 14.7 Å². The molecule has 0 saturated carbocycles. The van der Waals surface area contributed by atoms with Crippen molar-refractivity contribution >= 4 is 33.6 Å². The van der Waals surface area contributed by atoms with E-state index in [1.807, 2.05) is 0 Å². The van der Waals surface area contributed by atoms with Crippen molar-refractivity contribution in [3.8, 4) is 0 Å². The first-order chi connectivity index (χ1) is 9.99. The molecule has 1 aliphatic heterocycles. The minimum Gasteiger partial charge on any atom is -0.478 e. The van der Waals surface area contributed by atoms with Gasteiger partial charge in [0.15, 0.2) is 0 Å². The molecule has 0 atom stereocenters. The van der Waals surface area contributed by atoms with Crippen molar-refractivity contribution in [3.05, 3.63) is 28.2 Å². The number of hydrogen-bond acceptors (Lipinski definition) is 3. The molecule has 0 unspecified atom stereocenters. The number of urea groups is 1. The van der Waals surface area contributed by atoms with Gasteiger partial charge >= 0.3 is 12.0 Å². The number of carbonyl (C=O) groups is 2. The first-order valence-electron chi connectivity index (χ1n) is 6.76. The maximum atomic E-state index is 12.3. The Morgan fingerprint density at radius 3 is 2.67 bits per heavy atom. The molecule has 1 heterocycles. The summed E-state index contributed by atoms with van der Waals surface area (Å²) in [6.45, 7) is 1.78. The molecule has 3 N–H and O–H groups in total. The maximum Gasteiger partial charge on any atom is 0.337 e. The largest absolute Gasteiger partial charge is 0.478 e. The minimum atomic E-state index is -1.07. The number of nitrogens with one attached hydrogen (secondary N) is 2. The number of benzene rings is 1. The summed E-state index contributed by atoms with van der Waals surface area (Å²) >= 11 is 3.23. The van der Waals surface area contributed by atoms with Gasteiger partial charge in [-0.1, -0.05) is 15.9 Å². The zero-order valence-electron chi connectivity index (χ0n) is 11.7. The standard InChI is InChI=1S/C14H18BrN3O3/c1-18(10-4-6-16-7-5-10)14(21)17-12-3-2-9(15)8-11(12)13(19)20/h2-3,8,10,16H,4-7H2,1H3,(H,17,21)(H,19,20). The Morgan fingerprint density at radius 2 is 2.05 bits per heavy atom. The van der Waals surface area contributed by atoms with Crippen molar-refractivity contribution in [3.63, 3.8) is 0 Å². The van der Waals surface area contributed by atoms with Crippen LogP contribution >= 0.6 is 15.9 Å². The van der Waals surface area contributed by atoms with E-state index in [-0.39, 0.29) is 17.6 Å². The number of halogens is 1. The highest BCUT2D eigenvalue weighted by molar-refractivity contribution is 9.10. The number of carbonyl (C=O) groups excluding carboxylic acids is 1. The van der Waals surface area contributed by atoms with Crippen molar-refractivity contribution in [2.24, 2.45) is 0 Å². The molecule has 0 aliphatic carbocycles. The lowest BCUT2D eigenvalue weighted by Crippen LogP contribution is -2.45. The Balaban J connectivity index is 2.10. The molecule has 7 heteroatoms. The van der Waals surface area contributed by atoms with Crippen LogP contribution in [0.4, 0.5) is 10.5 Å². The van der Waals surface area contributed by atoms with E-state index in [0.717, 1.165) is 25.9 Å². The van der Waals surface area contributed by atoms with Gasteiger partial charge in [0.25, 0.3) is 0 Å². The van der Waals surface area contributed by atoms with Crippen molar-refractivity contribution < 1.29 is 14.7 Å². The van der Waals surface area contributed by atoms with Crippen LogP contribution in [-0.2, 0) is 0 Å². The lowest BCUT2D eigenvalue weighted by Gasteiger charge is -2.31. The Morgan fingerprint density at radius 1 is 1.38 bits per heavy atom. The molecule has 2 amide bonds. The minimum absolute atomic E-state index is 0.0661. The average Bonchev–Trinajstić information content (AvgIpc) is 2.49. The van der Waals surface area contributed by atoms with Crippen molar-refractivity contribution in [2.45, 2.75) is 18.9 Å². The van der Waals surface area contributed by atoms with Gasteiger partial charge in [-0.3, -0.25) is 0 Å². The molecular weight excluding hydrogens is 338 g/mol. The van der Waals surface area contributed by atoms with Crippen LogP contribution in [0.1, 0.15) is 23.2 Å². The number of rotatable bonds is 3. The Bertz CT molecular complexity index is 544. The molecule has 0 spiro atoms. The van der Waals surface area contributed by atoms with Crippen LogP contribution in [0.15, 0.2) is 22.7 Å². The molecule has 21 heavy (non-hydrogen) atoms. The molecule has 1 aromatic carbocycles. The molecule has 1 aromatic rings. The van der Waals surface area contributed by atoms with E-state index >= 15 is 0 Å². The van der Waals surface area contributed by atoms with Crippen LogP contribution in [0.25, 0.3) is 0 Å². The molecule has 6 nitrogen and oxygen atoms in total. The smallest absolute Gasteiger partial charge is 0.337 e. The second-order valence-corrected chi connectivity index (χ2v) is 5.93. The number of piperidine rings is 1. The van der Waals surface area contributed by atoms with Crippen LogP contribution in [-0.4, -0.2) is 48.2 Å². The van der Waals surface area contributed by atoms with Gasteiger partial charge in [0.1, 0.15) is 0 Å². The van der Waals surface area contributed by atoms with Crippen LogP contribution in [0.2, 0.25) is 0 Å². The van der Waals surface area contributed by atoms with Crippen LogP contribution in [0.5, 0.6) is 0 Å². The molecule has 1 saturated heterocycles. The molecule has 0 radical (unpaired) electrons. The predicted molar refractivity (Wildman–Crippen MR) is 83.8 cm³/mol. The van der Waals surface area contributed by atoms with Crippen molar-refractivity contribution in [1.82, 2.24) is 10.2 Å². The monoisotopic (exact) mass is 355 g/mol. The number of carboxylic acids is 1. The highest BCUT2D eigenvalue weighted by atomic mass is 79.9. The SMILES string of the molecule is CN(C(=O)Nc1ccc(Br)cc1C(=O)O)C1CCNCC1. The van der Waals surface area contributed by atoms with Gasteiger partial charge in [-0.15, -0.1) is 0 Å². The van der Waals surface area contributed by atoms with Gasteiger partial charge in [0.2, 0.25) is 0 Å². The summed E-state index contributed by atoms with van der Waals surface area (Å²) in [5, 5.41) is 15.1. The quantitative estimate of drug-likeness (QED) is 0.777. The van der Waals surface area contributed by atoms with Gasteiger partial charge < -0.3 is 20.6 Å². The summed E-state index contributed by atoms with van der Waals surface area (Å²) in [7, 11) is 1.74. The molecule has 0 bridgehead atoms. The first kappa shape index (κ1) is 15.8. The Hall–Kier alpha value is -1.60. The van der Waals surface area contributed by atoms with E-state index < -0.39 is 5.97 Å². The summed E-state index contributed by atoms with van der Waals surface area (Å²) in [6.07, 6.45) is 1.80. The second-order valence-electron chi connectivity index (χ2n) is 5.02. The van der Waals surface area contributed by atoms with E-state index in [4.69, 9.17) is 0 Å². The third kappa shape index (κ3) is 3.95. The zero-order chi connectivity index (χ0) is 15.4. The molecule has 114 valence electrons. The van der Waals surface area contributed by atoms with Crippen LogP contribution < -0.4 is 10.6 Å². The van der Waals surface area contributed by atoms with E-state index in [1.165, 1.54) is 6.07 Å². The number of anilines is 1. The van der Waals surface area contributed by atoms with Gasteiger partial charge in [-0.05, 0) is 44.1 Å². The number of amides is 2. The van der Waals surface area contributed by atoms with Gasteiger partial charge in [-0.25, -0.2) is 9.59 Å². The first-order valence-corrected chi connectivity index (χ1v) is 7.55. The lowest BCUT2D eigenvalue weighted by molar-refractivity contribution is 0.0698. The summed E-state index contributed by atoms with van der Waals surface area (Å²) in [5.41, 5.74) is 0.368. The topological polar surface area (TPSA) is 81.7 Å². The fraction of sp³-hybridized carbons (Fsp3) is 0.429. The lowest BCUT2D eigenvalue weighted by atomic mass is 10.1. The molecular formula is C14H18BrN3O3. The number of hydrogen-bond donors (Lipinski definition) is 3. The van der Waals surface area contributed by atoms with Crippen molar-refractivity contribution in [1.29, 1.82) is 0 Å². The predicted octanol–water partition coefficient (Wildman–Crippen LogP) is 2.36. The Labute approximate surface area is 131 Å². The second kappa shape index (κ2) is 6.91. The Kier molecular flexibility index (Phi) is 5.19. The maximum absolute atomic E-state index is 12.3. The van der Waals surface area contributed by atoms with Gasteiger partial charge in [-0.2, -0.15) is 0 Å². The van der Waals surface area contributed by atoms with Crippen molar-refractivity contribution in [2.75, 3.05) is 25.5 Å². The van der Waals surface area contributed by atoms with Crippen LogP contribution in [0, 0.1) is 0 Å². The fourth-order valence-corrected chi connectivity index (χ4v) is 2.73. The van der Waals surface area contributed by atoms with E-state index in [1.54, 1.807) is 24.1 Å². The van der Waals surface area contributed by atoms with Crippen LogP contribution in [0.3, 0.4) is 0 Å². The number of aromatic carboxylic acids is 1. The summed E-state index contributed by atoms with van der Waals surface area (Å²) < 4.78 is 0.657. The third-order valence-corrected chi connectivity index (χ3v) is 4.12. The highest BCUT2D eigenvalue weighted by Gasteiger charge is 2.23. The third-order valence-electron chi connectivity index (χ3n) is 3.63. The van der Waals surface area contributed by atoms with Gasteiger partial charge in [0.05, 0.1) is 11.3 Å². The molecule has 1 aliphatic rings. The number of carboxylic acid groups (broad SMARTS) is 1. The zero-order valence-corrected chi connectivity index (χ0v) is 13.3. The highest BCUT2D eigenvalue weighted by Crippen LogP contribution is 2.22.